The Morgan fingerprint density at radius 2 is 1.58 bits per heavy atom. The summed E-state index contributed by atoms with van der Waals surface area (Å²) in [5, 5.41) is 25.5. The molecule has 4 atom stereocenters. The van der Waals surface area contributed by atoms with Gasteiger partial charge in [0.25, 0.3) is 0 Å². The van der Waals surface area contributed by atoms with Gasteiger partial charge in [-0.3, -0.25) is 4.79 Å². The molecule has 0 radical (unpaired) electrons. The zero-order valence-electron chi connectivity index (χ0n) is 18.8. The molecule has 1 aliphatic rings. The van der Waals surface area contributed by atoms with Gasteiger partial charge in [-0.25, -0.2) is 9.59 Å². The van der Waals surface area contributed by atoms with Crippen LogP contribution in [0.25, 0.3) is 0 Å². The van der Waals surface area contributed by atoms with Gasteiger partial charge in [0.2, 0.25) is 0 Å². The van der Waals surface area contributed by atoms with Crippen LogP contribution in [0.4, 0.5) is 0 Å². The van der Waals surface area contributed by atoms with Gasteiger partial charge in [0.05, 0.1) is 5.92 Å². The summed E-state index contributed by atoms with van der Waals surface area (Å²) in [7, 11) is 4.16. The third kappa shape index (κ3) is 7.51. The van der Waals surface area contributed by atoms with Gasteiger partial charge in [-0.1, -0.05) is 57.0 Å². The number of benzene rings is 1. The highest BCUT2D eigenvalue weighted by atomic mass is 16.4. The Kier molecular flexibility index (Phi) is 10.4. The van der Waals surface area contributed by atoms with E-state index in [0.29, 0.717) is 24.0 Å². The van der Waals surface area contributed by atoms with Crippen molar-refractivity contribution >= 4 is 17.9 Å². The first-order valence-corrected chi connectivity index (χ1v) is 10.6. The van der Waals surface area contributed by atoms with Crippen LogP contribution in [-0.2, 0) is 14.4 Å². The number of carboxylic acid groups (broad SMARTS) is 3. The minimum absolute atomic E-state index is 0.171. The minimum atomic E-state index is -1.26. The maximum atomic E-state index is 12.0. The van der Waals surface area contributed by atoms with Crippen molar-refractivity contribution in [2.24, 2.45) is 17.3 Å². The lowest BCUT2D eigenvalue weighted by Crippen LogP contribution is -2.48. The van der Waals surface area contributed by atoms with Crippen molar-refractivity contribution < 1.29 is 29.7 Å². The molecule has 7 heteroatoms. The Morgan fingerprint density at radius 3 is 2.03 bits per heavy atom. The average Bonchev–Trinajstić information content (AvgIpc) is 2.72. The number of carboxylic acids is 3. The fourth-order valence-corrected chi connectivity index (χ4v) is 5.01. The van der Waals surface area contributed by atoms with Crippen molar-refractivity contribution in [1.82, 2.24) is 4.90 Å². The van der Waals surface area contributed by atoms with Gasteiger partial charge >= 0.3 is 17.9 Å². The van der Waals surface area contributed by atoms with E-state index in [9.17, 15) is 19.5 Å². The molecule has 1 aromatic carbocycles. The third-order valence-corrected chi connectivity index (χ3v) is 6.30. The Bertz CT molecular complexity index is 745. The predicted octanol–water partition coefficient (Wildman–Crippen LogP) is 3.96. The van der Waals surface area contributed by atoms with Gasteiger partial charge in [-0.2, -0.15) is 0 Å². The number of aliphatic carboxylic acids is 3. The number of hydrogen-bond donors (Lipinski definition) is 3. The molecule has 7 nitrogen and oxygen atoms in total. The average molecular weight is 434 g/mol. The maximum absolute atomic E-state index is 12.0. The summed E-state index contributed by atoms with van der Waals surface area (Å²) in [5.74, 6) is -2.83. The van der Waals surface area contributed by atoms with Gasteiger partial charge in [-0.05, 0) is 49.8 Å². The van der Waals surface area contributed by atoms with Crippen LogP contribution in [0, 0.1) is 17.3 Å². The number of rotatable bonds is 8. The standard InChI is InChI=1S/C20H31NO2.C4H4O4/c1-15(14-21(3)4)20(16(2)19(22)23)13-9-8-12-18(20)17-10-6-5-7-11-17;5-3(6)1-2-4(7)8/h5-7,10-11,15-16,18H,8-9,12-14H2,1-4H3,(H,22,23);1-2H,(H,5,6)(H,7,8)/b;2-1-. The summed E-state index contributed by atoms with van der Waals surface area (Å²) in [5.41, 5.74) is 1.14. The minimum Gasteiger partial charge on any atom is -0.481 e. The fraction of sp³-hybridized carbons (Fsp3) is 0.542. The molecular weight excluding hydrogens is 398 g/mol. The van der Waals surface area contributed by atoms with E-state index in [1.807, 2.05) is 13.0 Å². The molecule has 31 heavy (non-hydrogen) atoms. The van der Waals surface area contributed by atoms with Crippen LogP contribution in [0.3, 0.4) is 0 Å². The van der Waals surface area contributed by atoms with Crippen LogP contribution in [0.2, 0.25) is 0 Å². The van der Waals surface area contributed by atoms with Gasteiger partial charge < -0.3 is 20.2 Å². The van der Waals surface area contributed by atoms with E-state index in [1.54, 1.807) is 0 Å². The summed E-state index contributed by atoms with van der Waals surface area (Å²) in [6, 6.07) is 10.6. The lowest BCUT2D eigenvalue weighted by molar-refractivity contribution is -0.150. The molecule has 1 aromatic rings. The van der Waals surface area contributed by atoms with E-state index >= 15 is 0 Å². The Morgan fingerprint density at radius 1 is 1.03 bits per heavy atom. The summed E-state index contributed by atoms with van der Waals surface area (Å²) in [6.45, 7) is 5.11. The third-order valence-electron chi connectivity index (χ3n) is 6.30. The van der Waals surface area contributed by atoms with E-state index in [0.717, 1.165) is 25.8 Å². The Hall–Kier alpha value is -2.67. The Balaban J connectivity index is 0.000000512. The number of hydrogen-bond acceptors (Lipinski definition) is 4. The topological polar surface area (TPSA) is 115 Å². The highest BCUT2D eigenvalue weighted by molar-refractivity contribution is 5.89. The first-order chi connectivity index (χ1) is 14.5. The lowest BCUT2D eigenvalue weighted by atomic mass is 9.53. The van der Waals surface area contributed by atoms with Crippen molar-refractivity contribution in [3.63, 3.8) is 0 Å². The van der Waals surface area contributed by atoms with Crippen molar-refractivity contribution in [2.45, 2.75) is 45.4 Å². The van der Waals surface area contributed by atoms with Crippen LogP contribution in [0.5, 0.6) is 0 Å². The number of carbonyl (C=O) groups is 3. The molecule has 2 rings (SSSR count). The molecule has 3 N–H and O–H groups in total. The van der Waals surface area contributed by atoms with Crippen LogP contribution < -0.4 is 0 Å². The highest BCUT2D eigenvalue weighted by Gasteiger charge is 2.51. The van der Waals surface area contributed by atoms with Crippen molar-refractivity contribution in [3.05, 3.63) is 48.0 Å². The first-order valence-electron chi connectivity index (χ1n) is 10.6. The van der Waals surface area contributed by atoms with Crippen molar-refractivity contribution in [3.8, 4) is 0 Å². The van der Waals surface area contributed by atoms with Crippen molar-refractivity contribution in [1.29, 1.82) is 0 Å². The maximum Gasteiger partial charge on any atom is 0.328 e. The Labute approximate surface area is 184 Å². The van der Waals surface area contributed by atoms with E-state index in [2.05, 4.69) is 50.2 Å². The molecule has 4 unspecified atom stereocenters. The predicted molar refractivity (Wildman–Crippen MR) is 119 cm³/mol. The quantitative estimate of drug-likeness (QED) is 0.532. The highest BCUT2D eigenvalue weighted by Crippen LogP contribution is 2.56. The smallest absolute Gasteiger partial charge is 0.328 e. The monoisotopic (exact) mass is 433 g/mol. The molecule has 0 heterocycles. The summed E-state index contributed by atoms with van der Waals surface area (Å²) >= 11 is 0. The molecule has 0 spiro atoms. The fourth-order valence-electron chi connectivity index (χ4n) is 5.01. The normalized spacial score (nSPS) is 22.9. The largest absolute Gasteiger partial charge is 0.481 e. The van der Waals surface area contributed by atoms with Gasteiger partial charge in [-0.15, -0.1) is 0 Å². The zero-order valence-corrected chi connectivity index (χ0v) is 18.8. The van der Waals surface area contributed by atoms with E-state index < -0.39 is 17.9 Å². The zero-order chi connectivity index (χ0) is 23.6. The lowest BCUT2D eigenvalue weighted by Gasteiger charge is -2.51. The molecule has 0 saturated heterocycles. The van der Waals surface area contributed by atoms with Crippen LogP contribution >= 0.6 is 0 Å². The molecule has 1 fully saturated rings. The van der Waals surface area contributed by atoms with Gasteiger partial charge in [0.1, 0.15) is 0 Å². The number of nitrogens with zero attached hydrogens (tertiary/aromatic N) is 1. The molecule has 172 valence electrons. The molecule has 1 saturated carbocycles. The van der Waals surface area contributed by atoms with Gasteiger partial charge in [0.15, 0.2) is 0 Å². The van der Waals surface area contributed by atoms with Crippen LogP contribution in [-0.4, -0.2) is 58.8 Å². The van der Waals surface area contributed by atoms with E-state index in [-0.39, 0.29) is 11.3 Å². The van der Waals surface area contributed by atoms with Crippen LogP contribution in [0.1, 0.15) is 51.0 Å². The SMILES string of the molecule is CC(CN(C)C)C1(C(C)C(=O)O)CCCCC1c1ccccc1.O=C(O)/C=C\C(=O)O. The van der Waals surface area contributed by atoms with Gasteiger partial charge in [0, 0.05) is 18.7 Å². The molecular formula is C24H35NO6. The van der Waals surface area contributed by atoms with E-state index in [1.165, 1.54) is 12.0 Å². The molecule has 0 bridgehead atoms. The van der Waals surface area contributed by atoms with Crippen LogP contribution in [0.15, 0.2) is 42.5 Å². The first kappa shape index (κ1) is 26.4. The second-order valence-corrected chi connectivity index (χ2v) is 8.55. The second kappa shape index (κ2) is 12.2. The molecule has 0 aliphatic heterocycles. The molecule has 0 aromatic heterocycles. The summed E-state index contributed by atoms with van der Waals surface area (Å²) in [4.78, 5) is 33.3. The van der Waals surface area contributed by atoms with E-state index in [4.69, 9.17) is 10.2 Å². The summed E-state index contributed by atoms with van der Waals surface area (Å²) in [6.07, 6.45) is 5.56. The molecule has 0 amide bonds. The summed E-state index contributed by atoms with van der Waals surface area (Å²) < 4.78 is 0. The second-order valence-electron chi connectivity index (χ2n) is 8.55. The van der Waals surface area contributed by atoms with Crippen molar-refractivity contribution in [2.75, 3.05) is 20.6 Å². The molecule has 1 aliphatic carbocycles.